The maximum atomic E-state index is 5.98. The van der Waals surface area contributed by atoms with Gasteiger partial charge in [-0.1, -0.05) is 0 Å². The van der Waals surface area contributed by atoms with E-state index in [2.05, 4.69) is 0 Å². The highest BCUT2D eigenvalue weighted by Gasteiger charge is 2.14. The summed E-state index contributed by atoms with van der Waals surface area (Å²) in [6, 6.07) is 14.7. The van der Waals surface area contributed by atoms with Crippen molar-refractivity contribution in [2.24, 2.45) is 0 Å². The predicted octanol–water partition coefficient (Wildman–Crippen LogP) is 3.80. The molecule has 0 atom stereocenters. The van der Waals surface area contributed by atoms with Gasteiger partial charge in [0, 0.05) is 23.5 Å². The van der Waals surface area contributed by atoms with E-state index in [4.69, 9.17) is 25.4 Å². The molecule has 3 aromatic rings. The molecule has 0 saturated carbocycles. The number of nitrogens with two attached hydrogens (primary N) is 2. The van der Waals surface area contributed by atoms with Gasteiger partial charge in [-0.25, -0.2) is 0 Å². The summed E-state index contributed by atoms with van der Waals surface area (Å²) in [6.45, 7) is 0. The first-order chi connectivity index (χ1) is 11.1. The monoisotopic (exact) mass is 310 g/mol. The highest BCUT2D eigenvalue weighted by Crippen LogP contribution is 2.38. The average molecular weight is 310 g/mol. The van der Waals surface area contributed by atoms with Crippen LogP contribution in [0.25, 0.3) is 22.6 Å². The van der Waals surface area contributed by atoms with Gasteiger partial charge >= 0.3 is 0 Å². The highest BCUT2D eigenvalue weighted by molar-refractivity contribution is 5.74. The van der Waals surface area contributed by atoms with Gasteiger partial charge in [0.2, 0.25) is 0 Å². The quantitative estimate of drug-likeness (QED) is 0.716. The fraction of sp³-hybridized carbons (Fsp3) is 0.111. The van der Waals surface area contributed by atoms with Crippen LogP contribution in [0.1, 0.15) is 0 Å². The van der Waals surface area contributed by atoms with E-state index in [1.54, 1.807) is 26.4 Å². The first-order valence-electron chi connectivity index (χ1n) is 7.10. The molecule has 23 heavy (non-hydrogen) atoms. The summed E-state index contributed by atoms with van der Waals surface area (Å²) < 4.78 is 16.7. The number of ether oxygens (including phenoxy) is 2. The molecule has 5 nitrogen and oxygen atoms in total. The van der Waals surface area contributed by atoms with Crippen LogP contribution in [0.5, 0.6) is 11.5 Å². The highest BCUT2D eigenvalue weighted by atomic mass is 16.5. The van der Waals surface area contributed by atoms with E-state index in [0.29, 0.717) is 34.4 Å². The van der Waals surface area contributed by atoms with Gasteiger partial charge in [-0.15, -0.1) is 0 Å². The van der Waals surface area contributed by atoms with E-state index in [9.17, 15) is 0 Å². The molecule has 3 rings (SSSR count). The first-order valence-corrected chi connectivity index (χ1v) is 7.10. The Morgan fingerprint density at radius 2 is 1.13 bits per heavy atom. The standard InChI is InChI=1S/C18H18N2O3/c1-21-17-9-11(19)3-5-13(17)15-7-8-16(23-15)14-6-4-12(20)10-18(14)22-2/h3-10H,19-20H2,1-2H3. The van der Waals surface area contributed by atoms with Gasteiger partial charge in [-0.2, -0.15) is 0 Å². The van der Waals surface area contributed by atoms with Gasteiger partial charge in [-0.05, 0) is 36.4 Å². The molecule has 0 radical (unpaired) electrons. The van der Waals surface area contributed by atoms with Crippen LogP contribution in [0.3, 0.4) is 0 Å². The molecule has 0 aliphatic heterocycles. The smallest absolute Gasteiger partial charge is 0.138 e. The van der Waals surface area contributed by atoms with Crippen molar-refractivity contribution in [2.45, 2.75) is 0 Å². The van der Waals surface area contributed by atoms with E-state index in [1.807, 2.05) is 36.4 Å². The molecule has 5 heteroatoms. The third-order valence-electron chi connectivity index (χ3n) is 3.59. The summed E-state index contributed by atoms with van der Waals surface area (Å²) in [4.78, 5) is 0. The normalized spacial score (nSPS) is 10.5. The second kappa shape index (κ2) is 5.96. The van der Waals surface area contributed by atoms with Crippen LogP contribution in [-0.4, -0.2) is 14.2 Å². The molecule has 0 spiro atoms. The Morgan fingerprint density at radius 3 is 1.52 bits per heavy atom. The van der Waals surface area contributed by atoms with Crippen molar-refractivity contribution in [1.29, 1.82) is 0 Å². The summed E-state index contributed by atoms with van der Waals surface area (Å²) in [7, 11) is 3.20. The van der Waals surface area contributed by atoms with Crippen molar-refractivity contribution in [1.82, 2.24) is 0 Å². The van der Waals surface area contributed by atoms with Crippen LogP contribution in [0, 0.1) is 0 Å². The van der Waals surface area contributed by atoms with E-state index in [-0.39, 0.29) is 0 Å². The number of furan rings is 1. The number of benzene rings is 2. The second-order valence-corrected chi connectivity index (χ2v) is 5.08. The minimum atomic E-state index is 0.637. The van der Waals surface area contributed by atoms with Crippen LogP contribution in [-0.2, 0) is 0 Å². The van der Waals surface area contributed by atoms with Gasteiger partial charge in [-0.3, -0.25) is 0 Å². The lowest BCUT2D eigenvalue weighted by molar-refractivity contribution is 0.413. The summed E-state index contributed by atoms with van der Waals surface area (Å²) in [5.74, 6) is 2.71. The molecular formula is C18H18N2O3. The molecule has 0 unspecified atom stereocenters. The lowest BCUT2D eigenvalue weighted by Gasteiger charge is -2.08. The van der Waals surface area contributed by atoms with Crippen LogP contribution in [0.15, 0.2) is 52.9 Å². The molecule has 0 saturated heterocycles. The maximum absolute atomic E-state index is 5.98. The molecule has 1 aromatic heterocycles. The molecule has 1 heterocycles. The zero-order valence-electron chi connectivity index (χ0n) is 13.0. The van der Waals surface area contributed by atoms with Gasteiger partial charge < -0.3 is 25.4 Å². The number of rotatable bonds is 4. The predicted molar refractivity (Wildman–Crippen MR) is 91.5 cm³/mol. The van der Waals surface area contributed by atoms with Gasteiger partial charge in [0.1, 0.15) is 23.0 Å². The summed E-state index contributed by atoms with van der Waals surface area (Å²) in [6.07, 6.45) is 0. The Balaban J connectivity index is 2.05. The summed E-state index contributed by atoms with van der Waals surface area (Å²) >= 11 is 0. The zero-order chi connectivity index (χ0) is 16.4. The molecule has 2 aromatic carbocycles. The van der Waals surface area contributed by atoms with Crippen molar-refractivity contribution >= 4 is 11.4 Å². The van der Waals surface area contributed by atoms with Gasteiger partial charge in [0.05, 0.1) is 25.3 Å². The van der Waals surface area contributed by atoms with E-state index < -0.39 is 0 Å². The Labute approximate surface area is 134 Å². The van der Waals surface area contributed by atoms with E-state index in [0.717, 1.165) is 11.1 Å². The Hall–Kier alpha value is -3.08. The maximum Gasteiger partial charge on any atom is 0.138 e. The van der Waals surface area contributed by atoms with Crippen molar-refractivity contribution in [2.75, 3.05) is 25.7 Å². The van der Waals surface area contributed by atoms with Gasteiger partial charge in [0.15, 0.2) is 0 Å². The summed E-state index contributed by atoms with van der Waals surface area (Å²) in [5, 5.41) is 0. The van der Waals surface area contributed by atoms with Crippen molar-refractivity contribution in [3.63, 3.8) is 0 Å². The van der Waals surface area contributed by atoms with Crippen LogP contribution in [0.2, 0.25) is 0 Å². The fourth-order valence-corrected chi connectivity index (χ4v) is 2.45. The second-order valence-electron chi connectivity index (χ2n) is 5.08. The minimum Gasteiger partial charge on any atom is -0.496 e. The number of hydrogen-bond acceptors (Lipinski definition) is 5. The SMILES string of the molecule is COc1cc(N)ccc1-c1ccc(-c2ccc(N)cc2OC)o1. The van der Waals surface area contributed by atoms with Crippen molar-refractivity contribution < 1.29 is 13.9 Å². The topological polar surface area (TPSA) is 83.6 Å². The molecule has 0 fully saturated rings. The minimum absolute atomic E-state index is 0.637. The van der Waals surface area contributed by atoms with Gasteiger partial charge in [0.25, 0.3) is 0 Å². The molecule has 4 N–H and O–H groups in total. The largest absolute Gasteiger partial charge is 0.496 e. The first kappa shape index (κ1) is 14.8. The van der Waals surface area contributed by atoms with Crippen molar-refractivity contribution in [3.8, 4) is 34.1 Å². The molecule has 0 amide bonds. The molecule has 0 bridgehead atoms. The van der Waals surface area contributed by atoms with E-state index in [1.165, 1.54) is 0 Å². The van der Waals surface area contributed by atoms with Crippen LogP contribution >= 0.6 is 0 Å². The Morgan fingerprint density at radius 1 is 0.696 bits per heavy atom. The summed E-state index contributed by atoms with van der Waals surface area (Å²) in [5.41, 5.74) is 14.5. The zero-order valence-corrected chi connectivity index (χ0v) is 13.0. The third kappa shape index (κ3) is 2.81. The average Bonchev–Trinajstić information content (AvgIpc) is 3.04. The Kier molecular flexibility index (Phi) is 3.85. The molecular weight excluding hydrogens is 292 g/mol. The van der Waals surface area contributed by atoms with E-state index >= 15 is 0 Å². The molecule has 118 valence electrons. The fourth-order valence-electron chi connectivity index (χ4n) is 2.45. The number of anilines is 2. The molecule has 0 aliphatic rings. The number of nitrogen functional groups attached to an aromatic ring is 2. The number of methoxy groups -OCH3 is 2. The molecule has 0 aliphatic carbocycles. The van der Waals surface area contributed by atoms with Crippen LogP contribution in [0.4, 0.5) is 11.4 Å². The lowest BCUT2D eigenvalue weighted by atomic mass is 10.1. The third-order valence-corrected chi connectivity index (χ3v) is 3.59. The number of hydrogen-bond donors (Lipinski definition) is 2. The Bertz CT molecular complexity index is 772. The lowest BCUT2D eigenvalue weighted by Crippen LogP contribution is -1.91. The van der Waals surface area contributed by atoms with Crippen LogP contribution < -0.4 is 20.9 Å². The van der Waals surface area contributed by atoms with Crippen molar-refractivity contribution in [3.05, 3.63) is 48.5 Å².